The smallest absolute Gasteiger partial charge is 0.298 e. The first kappa shape index (κ1) is 18.9. The van der Waals surface area contributed by atoms with Crippen molar-refractivity contribution in [3.05, 3.63) is 59.4 Å². The number of halogens is 1. The molecule has 7 nitrogen and oxygen atoms in total. The number of fused-ring (bicyclic) bond motifs is 1. The number of aryl methyl sites for hydroxylation is 1. The van der Waals surface area contributed by atoms with Crippen LogP contribution in [0.1, 0.15) is 18.9 Å². The molecule has 1 aliphatic rings. The minimum absolute atomic E-state index is 0.332. The highest BCUT2D eigenvalue weighted by Crippen LogP contribution is 2.30. The fourth-order valence-electron chi connectivity index (χ4n) is 3.92. The second kappa shape index (κ2) is 7.65. The van der Waals surface area contributed by atoms with Crippen LogP contribution < -0.4 is 9.80 Å². The topological polar surface area (TPSA) is 63.2 Å². The second-order valence-electron chi connectivity index (χ2n) is 7.66. The van der Waals surface area contributed by atoms with Crippen LogP contribution in [0.4, 0.5) is 11.7 Å². The minimum atomic E-state index is 0.332. The Morgan fingerprint density at radius 3 is 2.80 bits per heavy atom. The third-order valence-corrected chi connectivity index (χ3v) is 5.78. The van der Waals surface area contributed by atoms with Gasteiger partial charge >= 0.3 is 0 Å². The van der Waals surface area contributed by atoms with Crippen molar-refractivity contribution in [3.63, 3.8) is 0 Å². The van der Waals surface area contributed by atoms with Gasteiger partial charge in [-0.05, 0) is 56.2 Å². The molecule has 8 heteroatoms. The summed E-state index contributed by atoms with van der Waals surface area (Å²) in [6.45, 7) is 6.82. The Balaban J connectivity index is 1.44. The first-order valence-electron chi connectivity index (χ1n) is 10.1. The third-order valence-electron chi connectivity index (χ3n) is 5.54. The molecule has 2 aromatic carbocycles. The number of nitrogens with zero attached hydrogens (tertiary/aromatic N) is 6. The standard InChI is InChI=1S/C22H22ClN6O/c1-15-3-5-19(29-24-8-9-25-29)20(13-15)28-12-11-27(10-7-16(28)2)22-26-18-14-17(23)4-6-21(18)30-22/h3-4,6,8-9,13-14,16H,7,10-12H2,1-2H3/t16-/m1/s1. The fourth-order valence-corrected chi connectivity index (χ4v) is 4.09. The second-order valence-corrected chi connectivity index (χ2v) is 8.09. The Morgan fingerprint density at radius 2 is 1.97 bits per heavy atom. The number of anilines is 2. The van der Waals surface area contributed by atoms with Crippen LogP contribution in [0.2, 0.25) is 5.02 Å². The average molecular weight is 422 g/mol. The van der Waals surface area contributed by atoms with E-state index < -0.39 is 0 Å². The van der Waals surface area contributed by atoms with Gasteiger partial charge in [0.1, 0.15) is 11.2 Å². The van der Waals surface area contributed by atoms with Gasteiger partial charge in [-0.15, -0.1) is 4.80 Å². The highest BCUT2D eigenvalue weighted by molar-refractivity contribution is 6.31. The van der Waals surface area contributed by atoms with E-state index >= 15 is 0 Å². The normalized spacial score (nSPS) is 17.5. The third kappa shape index (κ3) is 3.50. The summed E-state index contributed by atoms with van der Waals surface area (Å²) in [5.74, 6) is 0. The molecule has 1 fully saturated rings. The molecule has 0 unspecified atom stereocenters. The van der Waals surface area contributed by atoms with E-state index in [4.69, 9.17) is 16.0 Å². The summed E-state index contributed by atoms with van der Waals surface area (Å²) in [6.07, 6.45) is 4.34. The van der Waals surface area contributed by atoms with E-state index in [2.05, 4.69) is 51.0 Å². The highest BCUT2D eigenvalue weighted by atomic mass is 35.5. The SMILES string of the molecule is Cc1c[c]c(-n2nccn2)c(N2CCN(c3nc4cc(Cl)ccc4o3)CC[C@H]2C)c1. The molecular formula is C22H22ClN6O. The Kier molecular flexibility index (Phi) is 4.83. The zero-order chi connectivity index (χ0) is 20.7. The number of oxazole rings is 1. The highest BCUT2D eigenvalue weighted by Gasteiger charge is 2.26. The molecule has 1 aliphatic heterocycles. The van der Waals surface area contributed by atoms with E-state index in [9.17, 15) is 0 Å². The maximum atomic E-state index is 6.10. The summed E-state index contributed by atoms with van der Waals surface area (Å²) in [6, 6.07) is 14.0. The molecule has 0 saturated carbocycles. The molecule has 0 aliphatic carbocycles. The van der Waals surface area contributed by atoms with Crippen LogP contribution in [0.15, 0.2) is 47.1 Å². The summed E-state index contributed by atoms with van der Waals surface area (Å²) in [5.41, 5.74) is 4.65. The summed E-state index contributed by atoms with van der Waals surface area (Å²) < 4.78 is 6.00. The van der Waals surface area contributed by atoms with Gasteiger partial charge < -0.3 is 14.2 Å². The van der Waals surface area contributed by atoms with Crippen molar-refractivity contribution < 1.29 is 4.42 Å². The molecule has 0 bridgehead atoms. The molecule has 0 amide bonds. The number of hydrogen-bond donors (Lipinski definition) is 0. The monoisotopic (exact) mass is 421 g/mol. The van der Waals surface area contributed by atoms with Crippen LogP contribution in [0.25, 0.3) is 16.8 Å². The number of aromatic nitrogens is 4. The van der Waals surface area contributed by atoms with Crippen molar-refractivity contribution in [3.8, 4) is 5.69 Å². The van der Waals surface area contributed by atoms with E-state index in [1.165, 1.54) is 0 Å². The molecule has 30 heavy (non-hydrogen) atoms. The zero-order valence-electron chi connectivity index (χ0n) is 16.9. The minimum Gasteiger partial charge on any atom is -0.423 e. The van der Waals surface area contributed by atoms with Gasteiger partial charge in [0.15, 0.2) is 5.58 Å². The predicted molar refractivity (Wildman–Crippen MR) is 118 cm³/mol. The van der Waals surface area contributed by atoms with Gasteiger partial charge in [-0.1, -0.05) is 11.6 Å². The Labute approximate surface area is 179 Å². The van der Waals surface area contributed by atoms with Gasteiger partial charge in [-0.25, -0.2) is 0 Å². The van der Waals surface area contributed by atoms with Gasteiger partial charge in [0.2, 0.25) is 0 Å². The van der Waals surface area contributed by atoms with Crippen molar-refractivity contribution in [1.29, 1.82) is 0 Å². The summed E-state index contributed by atoms with van der Waals surface area (Å²) in [7, 11) is 0. The van der Waals surface area contributed by atoms with Gasteiger partial charge in [-0.2, -0.15) is 15.2 Å². The van der Waals surface area contributed by atoms with Crippen molar-refractivity contribution >= 4 is 34.4 Å². The molecule has 153 valence electrons. The van der Waals surface area contributed by atoms with E-state index in [-0.39, 0.29) is 0 Å². The Bertz CT molecular complexity index is 1170. The molecular weight excluding hydrogens is 400 g/mol. The lowest BCUT2D eigenvalue weighted by Crippen LogP contribution is -2.35. The Hall–Kier alpha value is -3.06. The van der Waals surface area contributed by atoms with Crippen LogP contribution in [0.3, 0.4) is 0 Å². The number of hydrogen-bond acceptors (Lipinski definition) is 6. The summed E-state index contributed by atoms with van der Waals surface area (Å²) in [5, 5.41) is 9.29. The zero-order valence-corrected chi connectivity index (χ0v) is 17.7. The maximum Gasteiger partial charge on any atom is 0.298 e. The van der Waals surface area contributed by atoms with Crippen LogP contribution in [-0.2, 0) is 0 Å². The van der Waals surface area contributed by atoms with Crippen molar-refractivity contribution in [2.24, 2.45) is 0 Å². The first-order chi connectivity index (χ1) is 14.6. The molecule has 0 N–H and O–H groups in total. The maximum absolute atomic E-state index is 6.10. The van der Waals surface area contributed by atoms with E-state index in [0.717, 1.165) is 54.1 Å². The van der Waals surface area contributed by atoms with Crippen molar-refractivity contribution in [2.45, 2.75) is 26.3 Å². The largest absolute Gasteiger partial charge is 0.423 e. The molecule has 1 saturated heterocycles. The van der Waals surface area contributed by atoms with Gasteiger partial charge in [0.05, 0.1) is 18.1 Å². The van der Waals surface area contributed by atoms with Crippen LogP contribution in [-0.4, -0.2) is 45.7 Å². The lowest BCUT2D eigenvalue weighted by molar-refractivity contribution is 0.567. The summed E-state index contributed by atoms with van der Waals surface area (Å²) >= 11 is 6.10. The Morgan fingerprint density at radius 1 is 1.13 bits per heavy atom. The van der Waals surface area contributed by atoms with Crippen LogP contribution >= 0.6 is 11.6 Å². The average Bonchev–Trinajstić information content (AvgIpc) is 3.36. The fraction of sp³-hybridized carbons (Fsp3) is 0.318. The molecule has 2 aromatic heterocycles. The van der Waals surface area contributed by atoms with Crippen LogP contribution in [0, 0.1) is 13.0 Å². The van der Waals surface area contributed by atoms with E-state index in [1.54, 1.807) is 17.2 Å². The molecule has 3 heterocycles. The lowest BCUT2D eigenvalue weighted by Gasteiger charge is -2.30. The van der Waals surface area contributed by atoms with Crippen LogP contribution in [0.5, 0.6) is 0 Å². The molecule has 5 rings (SSSR count). The first-order valence-corrected chi connectivity index (χ1v) is 10.4. The van der Waals surface area contributed by atoms with Gasteiger partial charge in [0, 0.05) is 36.8 Å². The van der Waals surface area contributed by atoms with Crippen molar-refractivity contribution in [1.82, 2.24) is 20.0 Å². The molecule has 0 spiro atoms. The van der Waals surface area contributed by atoms with E-state index in [0.29, 0.717) is 17.1 Å². The van der Waals surface area contributed by atoms with Gasteiger partial charge in [0.25, 0.3) is 6.01 Å². The quantitative estimate of drug-likeness (QED) is 0.492. The molecule has 1 atom stereocenters. The molecule has 1 radical (unpaired) electrons. The number of benzene rings is 2. The van der Waals surface area contributed by atoms with Crippen molar-refractivity contribution in [2.75, 3.05) is 29.4 Å². The number of rotatable bonds is 3. The van der Waals surface area contributed by atoms with Gasteiger partial charge in [-0.3, -0.25) is 0 Å². The predicted octanol–water partition coefficient (Wildman–Crippen LogP) is 4.28. The van der Waals surface area contributed by atoms with E-state index in [1.807, 2.05) is 24.3 Å². The summed E-state index contributed by atoms with van der Waals surface area (Å²) in [4.78, 5) is 10.9. The lowest BCUT2D eigenvalue weighted by atomic mass is 10.1. The molecule has 4 aromatic rings.